The molecule has 1 saturated heterocycles. The summed E-state index contributed by atoms with van der Waals surface area (Å²) in [6.07, 6.45) is -4.58. The maximum atomic E-state index is 12.9. The van der Waals surface area contributed by atoms with Crippen molar-refractivity contribution in [3.8, 4) is 0 Å². The van der Waals surface area contributed by atoms with Gasteiger partial charge in [-0.25, -0.2) is 4.98 Å². The molecule has 0 aliphatic carbocycles. The molecular formula is C10H14BF3N2O2S. The molecule has 0 radical (unpaired) electrons. The average molecular weight is 294 g/mol. The van der Waals surface area contributed by atoms with Crippen LogP contribution in [0.2, 0.25) is 0 Å². The molecule has 1 aromatic rings. The Morgan fingerprint density at radius 1 is 1.16 bits per heavy atom. The molecule has 0 amide bonds. The lowest BCUT2D eigenvalue weighted by molar-refractivity contribution is -0.140. The Labute approximate surface area is 113 Å². The zero-order valence-electron chi connectivity index (χ0n) is 11.0. The molecule has 1 fully saturated rings. The van der Waals surface area contributed by atoms with Gasteiger partial charge in [0.15, 0.2) is 10.8 Å². The second kappa shape index (κ2) is 4.10. The Kier molecular flexibility index (Phi) is 3.15. The second-order valence-corrected chi connectivity index (χ2v) is 6.41. The number of anilines is 1. The van der Waals surface area contributed by atoms with Crippen molar-refractivity contribution in [3.05, 3.63) is 5.69 Å². The highest BCUT2D eigenvalue weighted by Gasteiger charge is 2.55. The number of nitrogen functional groups attached to an aromatic ring is 1. The van der Waals surface area contributed by atoms with E-state index in [1.807, 2.05) is 0 Å². The summed E-state index contributed by atoms with van der Waals surface area (Å²) in [4.78, 5) is 3.33. The predicted molar refractivity (Wildman–Crippen MR) is 67.2 cm³/mol. The van der Waals surface area contributed by atoms with Gasteiger partial charge in [-0.2, -0.15) is 13.2 Å². The molecule has 9 heteroatoms. The van der Waals surface area contributed by atoms with Crippen molar-refractivity contribution in [2.45, 2.75) is 45.1 Å². The normalized spacial score (nSPS) is 21.9. The minimum Gasteiger partial charge on any atom is -0.399 e. The number of aromatic nitrogens is 1. The van der Waals surface area contributed by atoms with Crippen LogP contribution in [-0.4, -0.2) is 23.3 Å². The molecule has 19 heavy (non-hydrogen) atoms. The summed E-state index contributed by atoms with van der Waals surface area (Å²) in [5.74, 6) is 0. The van der Waals surface area contributed by atoms with E-state index in [4.69, 9.17) is 15.0 Å². The number of nitrogens with zero attached hydrogens (tertiary/aromatic N) is 1. The molecule has 0 unspecified atom stereocenters. The summed E-state index contributed by atoms with van der Waals surface area (Å²) >= 11 is 0.737. The van der Waals surface area contributed by atoms with Crippen LogP contribution in [0.25, 0.3) is 0 Å². The summed E-state index contributed by atoms with van der Waals surface area (Å²) in [6, 6.07) is 0. The third kappa shape index (κ3) is 2.46. The Balaban J connectivity index is 2.40. The van der Waals surface area contributed by atoms with Gasteiger partial charge in [-0.3, -0.25) is 0 Å². The first-order valence-corrected chi connectivity index (χ1v) is 6.45. The standard InChI is InChI=1S/C10H14BF3N2O2S/c1-8(2)9(3,4)18-11(17-8)6-5(10(12,13)14)16-7(15)19-6/h1-4H3,(H2,15,16). The average Bonchev–Trinajstić information content (AvgIpc) is 2.65. The topological polar surface area (TPSA) is 57.4 Å². The van der Waals surface area contributed by atoms with Crippen molar-refractivity contribution in [1.29, 1.82) is 0 Å². The van der Waals surface area contributed by atoms with Crippen molar-refractivity contribution in [3.63, 3.8) is 0 Å². The largest absolute Gasteiger partial charge is 0.507 e. The first-order chi connectivity index (χ1) is 8.44. The van der Waals surface area contributed by atoms with Crippen LogP contribution in [0.15, 0.2) is 0 Å². The lowest BCUT2D eigenvalue weighted by atomic mass is 9.86. The minimum atomic E-state index is -4.58. The van der Waals surface area contributed by atoms with Crippen LogP contribution >= 0.6 is 11.3 Å². The van der Waals surface area contributed by atoms with E-state index < -0.39 is 30.2 Å². The van der Waals surface area contributed by atoms with Crippen LogP contribution in [0.1, 0.15) is 33.4 Å². The molecular weight excluding hydrogens is 280 g/mol. The van der Waals surface area contributed by atoms with Gasteiger partial charge in [0.05, 0.1) is 16.0 Å². The zero-order valence-corrected chi connectivity index (χ0v) is 11.8. The van der Waals surface area contributed by atoms with E-state index in [-0.39, 0.29) is 9.91 Å². The lowest BCUT2D eigenvalue weighted by Crippen LogP contribution is -2.41. The van der Waals surface area contributed by atoms with Crippen molar-refractivity contribution >= 4 is 28.4 Å². The van der Waals surface area contributed by atoms with Crippen LogP contribution in [-0.2, 0) is 15.5 Å². The Morgan fingerprint density at radius 2 is 1.63 bits per heavy atom. The van der Waals surface area contributed by atoms with Crippen LogP contribution in [0.5, 0.6) is 0 Å². The van der Waals surface area contributed by atoms with E-state index in [1.54, 1.807) is 27.7 Å². The van der Waals surface area contributed by atoms with Gasteiger partial charge in [-0.15, -0.1) is 11.3 Å². The summed E-state index contributed by atoms with van der Waals surface area (Å²) in [5, 5.41) is -0.156. The predicted octanol–water partition coefficient (Wildman–Crippen LogP) is 2.04. The number of nitrogens with two attached hydrogens (primary N) is 1. The number of thiazole rings is 1. The quantitative estimate of drug-likeness (QED) is 0.805. The van der Waals surface area contributed by atoms with Gasteiger partial charge < -0.3 is 15.0 Å². The van der Waals surface area contributed by atoms with E-state index in [0.29, 0.717) is 0 Å². The Hall–Kier alpha value is -0.795. The number of rotatable bonds is 1. The third-order valence-corrected chi connectivity index (χ3v) is 4.31. The highest BCUT2D eigenvalue weighted by Crippen LogP contribution is 2.39. The lowest BCUT2D eigenvalue weighted by Gasteiger charge is -2.32. The van der Waals surface area contributed by atoms with Crippen molar-refractivity contribution in [1.82, 2.24) is 4.98 Å². The maximum Gasteiger partial charge on any atom is 0.507 e. The number of halogens is 3. The summed E-state index contributed by atoms with van der Waals surface area (Å²) in [7, 11) is -1.10. The second-order valence-electron chi connectivity index (χ2n) is 5.35. The highest BCUT2D eigenvalue weighted by atomic mass is 32.1. The van der Waals surface area contributed by atoms with E-state index in [0.717, 1.165) is 11.3 Å². The van der Waals surface area contributed by atoms with Crippen LogP contribution in [0.4, 0.5) is 18.3 Å². The van der Waals surface area contributed by atoms with Gasteiger partial charge in [0.25, 0.3) is 0 Å². The van der Waals surface area contributed by atoms with Crippen LogP contribution in [0.3, 0.4) is 0 Å². The molecule has 1 aliphatic heterocycles. The van der Waals surface area contributed by atoms with E-state index in [9.17, 15) is 13.2 Å². The highest BCUT2D eigenvalue weighted by molar-refractivity contribution is 7.25. The molecule has 0 saturated carbocycles. The van der Waals surface area contributed by atoms with Gasteiger partial charge in [-0.05, 0) is 27.7 Å². The van der Waals surface area contributed by atoms with Crippen LogP contribution < -0.4 is 10.5 Å². The van der Waals surface area contributed by atoms with Gasteiger partial charge >= 0.3 is 13.3 Å². The number of hydrogen-bond acceptors (Lipinski definition) is 5. The fourth-order valence-corrected chi connectivity index (χ4v) is 2.47. The Morgan fingerprint density at radius 3 is 2.05 bits per heavy atom. The molecule has 2 rings (SSSR count). The first-order valence-electron chi connectivity index (χ1n) is 5.63. The molecule has 2 N–H and O–H groups in total. The zero-order chi connectivity index (χ0) is 14.6. The van der Waals surface area contributed by atoms with Gasteiger partial charge in [0.2, 0.25) is 0 Å². The number of hydrogen-bond donors (Lipinski definition) is 1. The first kappa shape index (κ1) is 14.6. The monoisotopic (exact) mass is 294 g/mol. The molecule has 2 heterocycles. The fourth-order valence-electron chi connectivity index (χ4n) is 1.66. The number of alkyl halides is 3. The summed E-state index contributed by atoms with van der Waals surface area (Å²) in [5.41, 5.74) is 2.92. The molecule has 0 aromatic carbocycles. The van der Waals surface area contributed by atoms with Crippen molar-refractivity contribution in [2.24, 2.45) is 0 Å². The molecule has 0 spiro atoms. The van der Waals surface area contributed by atoms with Gasteiger partial charge in [0, 0.05) is 0 Å². The van der Waals surface area contributed by atoms with Gasteiger partial charge in [0.1, 0.15) is 0 Å². The summed E-state index contributed by atoms with van der Waals surface area (Å²) in [6.45, 7) is 7.07. The molecule has 1 aromatic heterocycles. The van der Waals surface area contributed by atoms with Crippen molar-refractivity contribution in [2.75, 3.05) is 5.73 Å². The van der Waals surface area contributed by atoms with Gasteiger partial charge in [-0.1, -0.05) is 0 Å². The van der Waals surface area contributed by atoms with E-state index in [2.05, 4.69) is 4.98 Å². The molecule has 1 aliphatic rings. The maximum absolute atomic E-state index is 12.9. The molecule has 106 valence electrons. The fraction of sp³-hybridized carbons (Fsp3) is 0.700. The SMILES string of the molecule is CC1(C)OB(c2sc(N)nc2C(F)(F)F)OC1(C)C. The molecule has 0 atom stereocenters. The van der Waals surface area contributed by atoms with E-state index in [1.165, 1.54) is 0 Å². The van der Waals surface area contributed by atoms with E-state index >= 15 is 0 Å². The third-order valence-electron chi connectivity index (χ3n) is 3.41. The smallest absolute Gasteiger partial charge is 0.399 e. The minimum absolute atomic E-state index is 0.136. The van der Waals surface area contributed by atoms with Crippen molar-refractivity contribution < 1.29 is 22.5 Å². The molecule has 4 nitrogen and oxygen atoms in total. The van der Waals surface area contributed by atoms with Crippen LogP contribution in [0, 0.1) is 0 Å². The summed E-state index contributed by atoms with van der Waals surface area (Å²) < 4.78 is 49.7. The molecule has 0 bridgehead atoms. The Bertz CT molecular complexity index is 485.